The van der Waals surface area contributed by atoms with E-state index in [1.54, 1.807) is 12.1 Å². The maximum Gasteiger partial charge on any atom is 0.123 e. The molecule has 1 aromatic carbocycles. The van der Waals surface area contributed by atoms with E-state index >= 15 is 0 Å². The van der Waals surface area contributed by atoms with E-state index in [-0.39, 0.29) is 5.82 Å². The van der Waals surface area contributed by atoms with Crippen molar-refractivity contribution in [3.8, 4) is 0 Å². The van der Waals surface area contributed by atoms with Crippen molar-refractivity contribution in [3.05, 3.63) is 30.1 Å². The van der Waals surface area contributed by atoms with E-state index in [0.29, 0.717) is 6.04 Å². The van der Waals surface area contributed by atoms with E-state index in [0.717, 1.165) is 22.5 Å². The summed E-state index contributed by atoms with van der Waals surface area (Å²) in [5.41, 5.74) is 0. The Morgan fingerprint density at radius 3 is 2.60 bits per heavy atom. The Balaban J connectivity index is 1.92. The molecule has 1 aliphatic carbocycles. The van der Waals surface area contributed by atoms with E-state index in [1.165, 1.54) is 32.1 Å². The summed E-state index contributed by atoms with van der Waals surface area (Å²) >= 11 is 1.84. The highest BCUT2D eigenvalue weighted by Gasteiger charge is 2.29. The van der Waals surface area contributed by atoms with Crippen molar-refractivity contribution in [2.24, 2.45) is 11.8 Å². The molecule has 1 aliphatic rings. The van der Waals surface area contributed by atoms with Crippen molar-refractivity contribution >= 4 is 11.8 Å². The SMILES string of the molecule is CCC1CCCCC1C(CSc1ccc(F)cc1)NC. The van der Waals surface area contributed by atoms with Crippen molar-refractivity contribution in [2.75, 3.05) is 12.8 Å². The fourth-order valence-corrected chi connectivity index (χ4v) is 4.53. The number of rotatable bonds is 6. The fraction of sp³-hybridized carbons (Fsp3) is 0.647. The van der Waals surface area contributed by atoms with Crippen molar-refractivity contribution in [3.63, 3.8) is 0 Å². The molecule has 0 bridgehead atoms. The lowest BCUT2D eigenvalue weighted by atomic mass is 9.74. The number of hydrogen-bond acceptors (Lipinski definition) is 2. The average Bonchev–Trinajstić information content (AvgIpc) is 2.50. The van der Waals surface area contributed by atoms with Gasteiger partial charge in [-0.1, -0.05) is 32.6 Å². The Bertz CT molecular complexity index is 392. The molecule has 0 aliphatic heterocycles. The maximum atomic E-state index is 12.9. The lowest BCUT2D eigenvalue weighted by Gasteiger charge is -2.36. The largest absolute Gasteiger partial charge is 0.316 e. The van der Waals surface area contributed by atoms with Gasteiger partial charge in [0.1, 0.15) is 5.82 Å². The lowest BCUT2D eigenvalue weighted by Crippen LogP contribution is -2.41. The molecule has 1 fully saturated rings. The topological polar surface area (TPSA) is 12.0 Å². The Morgan fingerprint density at radius 1 is 1.25 bits per heavy atom. The van der Waals surface area contributed by atoms with Crippen LogP contribution < -0.4 is 5.32 Å². The van der Waals surface area contributed by atoms with Crippen LogP contribution in [0.15, 0.2) is 29.2 Å². The Hall–Kier alpha value is -0.540. The van der Waals surface area contributed by atoms with Gasteiger partial charge >= 0.3 is 0 Å². The van der Waals surface area contributed by atoms with E-state index in [9.17, 15) is 4.39 Å². The van der Waals surface area contributed by atoms with Crippen LogP contribution in [0.1, 0.15) is 39.0 Å². The van der Waals surface area contributed by atoms with Crippen LogP contribution in [0.5, 0.6) is 0 Å². The highest BCUT2D eigenvalue weighted by atomic mass is 32.2. The first kappa shape index (κ1) is 15.8. The fourth-order valence-electron chi connectivity index (χ4n) is 3.41. The molecule has 0 aromatic heterocycles. The highest BCUT2D eigenvalue weighted by molar-refractivity contribution is 7.99. The Morgan fingerprint density at radius 2 is 1.95 bits per heavy atom. The maximum absolute atomic E-state index is 12.9. The summed E-state index contributed by atoms with van der Waals surface area (Å²) in [5.74, 6) is 2.59. The zero-order chi connectivity index (χ0) is 14.4. The summed E-state index contributed by atoms with van der Waals surface area (Å²) in [7, 11) is 2.08. The van der Waals surface area contributed by atoms with Crippen molar-refractivity contribution in [1.82, 2.24) is 5.32 Å². The minimum Gasteiger partial charge on any atom is -0.316 e. The molecule has 20 heavy (non-hydrogen) atoms. The van der Waals surface area contributed by atoms with Gasteiger partial charge in [0.25, 0.3) is 0 Å². The summed E-state index contributed by atoms with van der Waals surface area (Å²) in [4.78, 5) is 1.16. The molecule has 3 heteroatoms. The molecule has 1 N–H and O–H groups in total. The molecular formula is C17H26FNS. The standard InChI is InChI=1S/C17H26FNS/c1-3-13-6-4-5-7-16(13)17(19-2)12-20-15-10-8-14(18)9-11-15/h8-11,13,16-17,19H,3-7,12H2,1-2H3. The summed E-state index contributed by atoms with van der Waals surface area (Å²) < 4.78 is 12.9. The van der Waals surface area contributed by atoms with Crippen LogP contribution in [0.3, 0.4) is 0 Å². The molecule has 1 saturated carbocycles. The number of hydrogen-bond donors (Lipinski definition) is 1. The second-order valence-electron chi connectivity index (χ2n) is 5.78. The molecule has 3 atom stereocenters. The van der Waals surface area contributed by atoms with E-state index in [4.69, 9.17) is 0 Å². The number of benzene rings is 1. The van der Waals surface area contributed by atoms with Crippen molar-refractivity contribution < 1.29 is 4.39 Å². The van der Waals surface area contributed by atoms with Crippen LogP contribution in [-0.2, 0) is 0 Å². The Kier molecular flexibility index (Phi) is 6.37. The lowest BCUT2D eigenvalue weighted by molar-refractivity contribution is 0.190. The van der Waals surface area contributed by atoms with Crippen LogP contribution in [0.2, 0.25) is 0 Å². The van der Waals surface area contributed by atoms with Gasteiger partial charge in [0.2, 0.25) is 0 Å². The predicted molar refractivity (Wildman–Crippen MR) is 85.7 cm³/mol. The molecule has 0 amide bonds. The van der Waals surface area contributed by atoms with Crippen molar-refractivity contribution in [2.45, 2.75) is 50.0 Å². The quantitative estimate of drug-likeness (QED) is 0.762. The smallest absolute Gasteiger partial charge is 0.123 e. The zero-order valence-corrected chi connectivity index (χ0v) is 13.4. The summed E-state index contributed by atoms with van der Waals surface area (Å²) in [6, 6.07) is 7.42. The monoisotopic (exact) mass is 295 g/mol. The minimum atomic E-state index is -0.155. The summed E-state index contributed by atoms with van der Waals surface area (Å²) in [5, 5.41) is 3.52. The number of thioether (sulfide) groups is 1. The van der Waals surface area contributed by atoms with E-state index in [1.807, 2.05) is 23.9 Å². The third-order valence-corrected chi connectivity index (χ3v) is 5.75. The summed E-state index contributed by atoms with van der Waals surface area (Å²) in [6.07, 6.45) is 6.82. The zero-order valence-electron chi connectivity index (χ0n) is 12.6. The molecule has 0 spiro atoms. The van der Waals surface area contributed by atoms with Gasteiger partial charge in [0, 0.05) is 16.7 Å². The van der Waals surface area contributed by atoms with Gasteiger partial charge in [0.05, 0.1) is 0 Å². The average molecular weight is 295 g/mol. The molecule has 1 nitrogen and oxygen atoms in total. The van der Waals surface area contributed by atoms with E-state index in [2.05, 4.69) is 19.3 Å². The van der Waals surface area contributed by atoms with Crippen LogP contribution in [-0.4, -0.2) is 18.8 Å². The minimum absolute atomic E-state index is 0.155. The Labute approximate surface area is 126 Å². The molecular weight excluding hydrogens is 269 g/mol. The third kappa shape index (κ3) is 4.23. The van der Waals surface area contributed by atoms with Crippen LogP contribution in [0, 0.1) is 17.7 Å². The number of nitrogens with one attached hydrogen (secondary N) is 1. The highest BCUT2D eigenvalue weighted by Crippen LogP contribution is 2.36. The molecule has 3 unspecified atom stereocenters. The molecule has 2 rings (SSSR count). The van der Waals surface area contributed by atoms with Crippen LogP contribution in [0.4, 0.5) is 4.39 Å². The van der Waals surface area contributed by atoms with Crippen molar-refractivity contribution in [1.29, 1.82) is 0 Å². The first-order valence-corrected chi connectivity index (χ1v) is 8.78. The number of halogens is 1. The molecule has 0 heterocycles. The van der Waals surface area contributed by atoms with Gasteiger partial charge in [-0.2, -0.15) is 0 Å². The van der Waals surface area contributed by atoms with Crippen LogP contribution >= 0.6 is 11.8 Å². The van der Waals surface area contributed by atoms with Gasteiger partial charge in [0.15, 0.2) is 0 Å². The molecule has 0 saturated heterocycles. The van der Waals surface area contributed by atoms with Gasteiger partial charge in [-0.3, -0.25) is 0 Å². The normalized spacial score (nSPS) is 24.6. The second-order valence-corrected chi connectivity index (χ2v) is 6.87. The van der Waals surface area contributed by atoms with Gasteiger partial charge in [-0.25, -0.2) is 4.39 Å². The first-order valence-electron chi connectivity index (χ1n) is 7.80. The van der Waals surface area contributed by atoms with Gasteiger partial charge in [-0.05, 0) is 49.6 Å². The second kappa shape index (κ2) is 8.04. The summed E-state index contributed by atoms with van der Waals surface area (Å²) in [6.45, 7) is 2.32. The van der Waals surface area contributed by atoms with Gasteiger partial charge < -0.3 is 5.32 Å². The molecule has 0 radical (unpaired) electrons. The molecule has 1 aromatic rings. The van der Waals surface area contributed by atoms with Crippen LogP contribution in [0.25, 0.3) is 0 Å². The molecule has 112 valence electrons. The third-order valence-electron chi connectivity index (χ3n) is 4.62. The first-order chi connectivity index (χ1) is 9.74. The predicted octanol–water partition coefficient (Wildman–Crippen LogP) is 4.72. The van der Waals surface area contributed by atoms with E-state index < -0.39 is 0 Å². The van der Waals surface area contributed by atoms with Gasteiger partial charge in [-0.15, -0.1) is 11.8 Å².